The Labute approximate surface area is 147 Å². The van der Waals surface area contributed by atoms with Gasteiger partial charge in [0.05, 0.1) is 21.3 Å². The lowest BCUT2D eigenvalue weighted by Crippen LogP contribution is -2.38. The summed E-state index contributed by atoms with van der Waals surface area (Å²) in [4.78, 5) is 11.6. The van der Waals surface area contributed by atoms with Crippen LogP contribution in [0.4, 0.5) is 4.79 Å². The number of benzene rings is 1. The molecule has 0 bridgehead atoms. The molecule has 0 fully saturated rings. The minimum Gasteiger partial charge on any atom is -0.496 e. The van der Waals surface area contributed by atoms with Gasteiger partial charge in [0.25, 0.3) is 0 Å². The summed E-state index contributed by atoms with van der Waals surface area (Å²) in [6.07, 6.45) is -3.28. The van der Waals surface area contributed by atoms with Crippen LogP contribution < -0.4 is 19.5 Å². The maximum absolute atomic E-state index is 11.6. The molecule has 1 aromatic rings. The van der Waals surface area contributed by atoms with Gasteiger partial charge in [0.1, 0.15) is 23.6 Å². The summed E-state index contributed by atoms with van der Waals surface area (Å²) < 4.78 is 20.7. The maximum atomic E-state index is 11.6. The van der Waals surface area contributed by atoms with Crippen LogP contribution in [0.3, 0.4) is 0 Å². The van der Waals surface area contributed by atoms with E-state index in [0.717, 1.165) is 0 Å². The Bertz CT molecular complexity index is 583. The van der Waals surface area contributed by atoms with Crippen LogP contribution in [0.25, 0.3) is 0 Å². The van der Waals surface area contributed by atoms with Gasteiger partial charge in [-0.1, -0.05) is 0 Å². The molecule has 8 nitrogen and oxygen atoms in total. The van der Waals surface area contributed by atoms with Crippen molar-refractivity contribution in [3.05, 3.63) is 17.7 Å². The topological polar surface area (TPSA) is 106 Å². The monoisotopic (exact) mass is 357 g/mol. The van der Waals surface area contributed by atoms with Gasteiger partial charge in [-0.2, -0.15) is 0 Å². The fraction of sp³-hybridized carbons (Fsp3) is 0.588. The summed E-state index contributed by atoms with van der Waals surface area (Å²) in [5.74, 6) is 1.13. The van der Waals surface area contributed by atoms with Crippen LogP contribution in [0.2, 0.25) is 0 Å². The first-order valence-electron chi connectivity index (χ1n) is 7.75. The van der Waals surface area contributed by atoms with E-state index in [2.05, 4.69) is 5.32 Å². The van der Waals surface area contributed by atoms with E-state index in [-0.39, 0.29) is 6.54 Å². The van der Waals surface area contributed by atoms with E-state index in [1.807, 2.05) is 0 Å². The molecule has 0 heterocycles. The summed E-state index contributed by atoms with van der Waals surface area (Å²) in [5, 5.41) is 23.0. The Morgan fingerprint density at radius 1 is 1.04 bits per heavy atom. The number of ether oxygens (including phenoxy) is 4. The fourth-order valence-electron chi connectivity index (χ4n) is 2.10. The van der Waals surface area contributed by atoms with E-state index >= 15 is 0 Å². The maximum Gasteiger partial charge on any atom is 0.407 e. The number of rotatable bonds is 7. The van der Waals surface area contributed by atoms with E-state index < -0.39 is 23.9 Å². The zero-order valence-corrected chi connectivity index (χ0v) is 15.5. The Hall–Kier alpha value is -2.19. The largest absolute Gasteiger partial charge is 0.496 e. The normalized spacial score (nSPS) is 13.6. The predicted octanol–water partition coefficient (Wildman–Crippen LogP) is 1.63. The molecule has 0 saturated heterocycles. The number of carbonyl (C=O) groups excluding carboxylic acids is 1. The third-order valence-electron chi connectivity index (χ3n) is 3.27. The van der Waals surface area contributed by atoms with Crippen molar-refractivity contribution >= 4 is 6.09 Å². The summed E-state index contributed by atoms with van der Waals surface area (Å²) in [5.41, 5.74) is -0.348. The van der Waals surface area contributed by atoms with Crippen LogP contribution in [-0.4, -0.2) is 55.9 Å². The number of amides is 1. The number of nitrogens with one attached hydrogen (secondary N) is 1. The van der Waals surface area contributed by atoms with E-state index in [9.17, 15) is 15.0 Å². The summed E-state index contributed by atoms with van der Waals surface area (Å²) >= 11 is 0. The molecule has 0 spiro atoms. The van der Waals surface area contributed by atoms with Crippen LogP contribution >= 0.6 is 0 Å². The first kappa shape index (κ1) is 20.9. The Kier molecular flexibility index (Phi) is 7.32. The zero-order chi connectivity index (χ0) is 19.2. The molecule has 142 valence electrons. The van der Waals surface area contributed by atoms with Crippen LogP contribution in [0.1, 0.15) is 32.4 Å². The minimum absolute atomic E-state index is 0.201. The van der Waals surface area contributed by atoms with E-state index in [0.29, 0.717) is 22.8 Å². The third-order valence-corrected chi connectivity index (χ3v) is 3.27. The van der Waals surface area contributed by atoms with Crippen LogP contribution in [0, 0.1) is 0 Å². The molecule has 0 aromatic heterocycles. The Balaban J connectivity index is 2.87. The number of aliphatic hydroxyl groups excluding tert-OH is 2. The standard InChI is InChI=1S/C17H27NO7/c1-17(2,3)25-16(21)18-9-11(19)15(20)10-7-13(23-5)14(24-6)8-12(10)22-4/h7-8,11,15,19-20H,9H2,1-6H3,(H,18,21). The summed E-state index contributed by atoms with van der Waals surface area (Å²) in [6.45, 7) is 4.98. The zero-order valence-electron chi connectivity index (χ0n) is 15.5. The van der Waals surface area contributed by atoms with Gasteiger partial charge in [-0.05, 0) is 26.8 Å². The second-order valence-electron chi connectivity index (χ2n) is 6.34. The van der Waals surface area contributed by atoms with Crippen molar-refractivity contribution in [3.8, 4) is 17.2 Å². The molecule has 0 aliphatic carbocycles. The molecule has 1 amide bonds. The van der Waals surface area contributed by atoms with E-state index in [4.69, 9.17) is 18.9 Å². The number of methoxy groups -OCH3 is 3. The van der Waals surface area contributed by atoms with Crippen molar-refractivity contribution in [1.82, 2.24) is 5.32 Å². The molecule has 0 radical (unpaired) electrons. The van der Waals surface area contributed by atoms with E-state index in [1.54, 1.807) is 26.8 Å². The quantitative estimate of drug-likeness (QED) is 0.681. The predicted molar refractivity (Wildman–Crippen MR) is 91.3 cm³/mol. The van der Waals surface area contributed by atoms with Gasteiger partial charge in [0.15, 0.2) is 11.5 Å². The Morgan fingerprint density at radius 3 is 2.04 bits per heavy atom. The smallest absolute Gasteiger partial charge is 0.407 e. The van der Waals surface area contributed by atoms with Gasteiger partial charge in [0.2, 0.25) is 0 Å². The van der Waals surface area contributed by atoms with Gasteiger partial charge < -0.3 is 34.5 Å². The average molecular weight is 357 g/mol. The van der Waals surface area contributed by atoms with Gasteiger partial charge in [-0.25, -0.2) is 4.79 Å². The van der Waals surface area contributed by atoms with Crippen molar-refractivity contribution in [3.63, 3.8) is 0 Å². The number of carbonyl (C=O) groups is 1. The number of aliphatic hydroxyl groups is 2. The molecule has 0 aliphatic rings. The highest BCUT2D eigenvalue weighted by Crippen LogP contribution is 2.38. The van der Waals surface area contributed by atoms with Gasteiger partial charge in [-0.3, -0.25) is 0 Å². The minimum atomic E-state index is -1.32. The number of hydrogen-bond donors (Lipinski definition) is 3. The lowest BCUT2D eigenvalue weighted by atomic mass is 10.0. The highest BCUT2D eigenvalue weighted by atomic mass is 16.6. The molecule has 2 unspecified atom stereocenters. The lowest BCUT2D eigenvalue weighted by Gasteiger charge is -2.23. The molecule has 3 N–H and O–H groups in total. The van der Waals surface area contributed by atoms with Crippen molar-refractivity contribution < 1.29 is 34.0 Å². The summed E-state index contributed by atoms with van der Waals surface area (Å²) in [7, 11) is 4.37. The van der Waals surface area contributed by atoms with Crippen LogP contribution in [0.5, 0.6) is 17.2 Å². The average Bonchev–Trinajstić information content (AvgIpc) is 2.56. The SMILES string of the molecule is COc1cc(OC)c(C(O)C(O)CNC(=O)OC(C)(C)C)cc1OC. The number of hydrogen-bond acceptors (Lipinski definition) is 7. The van der Waals surface area contributed by atoms with Gasteiger partial charge in [0, 0.05) is 18.2 Å². The first-order valence-corrected chi connectivity index (χ1v) is 7.75. The molecule has 2 atom stereocenters. The first-order chi connectivity index (χ1) is 11.6. The van der Waals surface area contributed by atoms with Crippen LogP contribution in [-0.2, 0) is 4.74 Å². The van der Waals surface area contributed by atoms with E-state index in [1.165, 1.54) is 27.4 Å². The third kappa shape index (κ3) is 5.99. The molecule has 25 heavy (non-hydrogen) atoms. The highest BCUT2D eigenvalue weighted by molar-refractivity contribution is 5.67. The molecule has 0 aliphatic heterocycles. The number of alkyl carbamates (subject to hydrolysis) is 1. The summed E-state index contributed by atoms with van der Waals surface area (Å²) in [6, 6.07) is 3.06. The molecule has 1 rings (SSSR count). The fourth-order valence-corrected chi connectivity index (χ4v) is 2.10. The van der Waals surface area contributed by atoms with Crippen molar-refractivity contribution in [1.29, 1.82) is 0 Å². The second kappa shape index (κ2) is 8.77. The molecular formula is C17H27NO7. The second-order valence-corrected chi connectivity index (χ2v) is 6.34. The molecule has 0 saturated carbocycles. The van der Waals surface area contributed by atoms with Crippen LogP contribution in [0.15, 0.2) is 12.1 Å². The van der Waals surface area contributed by atoms with Gasteiger partial charge >= 0.3 is 6.09 Å². The highest BCUT2D eigenvalue weighted by Gasteiger charge is 2.25. The lowest BCUT2D eigenvalue weighted by molar-refractivity contribution is 0.0118. The van der Waals surface area contributed by atoms with Crippen molar-refractivity contribution in [2.24, 2.45) is 0 Å². The molecule has 1 aromatic carbocycles. The Morgan fingerprint density at radius 2 is 1.56 bits per heavy atom. The van der Waals surface area contributed by atoms with Crippen molar-refractivity contribution in [2.45, 2.75) is 38.6 Å². The molecular weight excluding hydrogens is 330 g/mol. The van der Waals surface area contributed by atoms with Gasteiger partial charge in [-0.15, -0.1) is 0 Å². The molecule has 8 heteroatoms. The van der Waals surface area contributed by atoms with Crippen molar-refractivity contribution in [2.75, 3.05) is 27.9 Å².